The molecule has 0 spiro atoms. The molecule has 1 aromatic carbocycles. The highest BCUT2D eigenvalue weighted by atomic mass is 16.6. The van der Waals surface area contributed by atoms with E-state index in [1.807, 2.05) is 32.0 Å². The van der Waals surface area contributed by atoms with Crippen LogP contribution in [0.15, 0.2) is 41.1 Å². The monoisotopic (exact) mass is 448 g/mol. The number of nitriles is 2. The molecule has 3 atom stereocenters. The van der Waals surface area contributed by atoms with Gasteiger partial charge in [0.25, 0.3) is 0 Å². The van der Waals surface area contributed by atoms with E-state index in [-0.39, 0.29) is 37.6 Å². The minimum absolute atomic E-state index is 0.0550. The third-order valence-electron chi connectivity index (χ3n) is 6.50. The minimum Gasteiger partial charge on any atom is -0.464 e. The summed E-state index contributed by atoms with van der Waals surface area (Å²) in [6.45, 7) is 7.97. The maximum Gasteiger partial charge on any atom is 0.410 e. The molecule has 0 fully saturated rings. The van der Waals surface area contributed by atoms with E-state index in [9.17, 15) is 20.1 Å². The molecular formula is C25H28N4O4. The quantitative estimate of drug-likeness (QED) is 0.700. The van der Waals surface area contributed by atoms with Gasteiger partial charge in [0, 0.05) is 24.9 Å². The Morgan fingerprint density at radius 1 is 1.18 bits per heavy atom. The number of carbonyl (C=O) groups excluding carboxylic acids is 2. The average Bonchev–Trinajstić information content (AvgIpc) is 2.80. The van der Waals surface area contributed by atoms with E-state index in [1.165, 1.54) is 4.90 Å². The number of hydrogen-bond donors (Lipinski definition) is 1. The fraction of sp³-hybridized carbons (Fsp3) is 0.440. The number of ether oxygens (including phenoxy) is 2. The summed E-state index contributed by atoms with van der Waals surface area (Å²) < 4.78 is 10.5. The Labute approximate surface area is 193 Å². The zero-order chi connectivity index (χ0) is 24.3. The molecule has 0 bridgehead atoms. The number of rotatable bonds is 4. The second-order valence-electron chi connectivity index (χ2n) is 8.23. The molecule has 3 rings (SSSR count). The predicted octanol–water partition coefficient (Wildman–Crippen LogP) is 3.22. The van der Waals surface area contributed by atoms with E-state index in [4.69, 9.17) is 15.2 Å². The highest BCUT2D eigenvalue weighted by Gasteiger charge is 2.59. The summed E-state index contributed by atoms with van der Waals surface area (Å²) in [7, 11) is 0. The van der Waals surface area contributed by atoms with Crippen LogP contribution in [0.4, 0.5) is 4.79 Å². The molecule has 8 nitrogen and oxygen atoms in total. The van der Waals surface area contributed by atoms with Gasteiger partial charge in [0.2, 0.25) is 5.41 Å². The van der Waals surface area contributed by atoms with Gasteiger partial charge in [-0.1, -0.05) is 24.3 Å². The maximum absolute atomic E-state index is 13.4. The predicted molar refractivity (Wildman–Crippen MR) is 120 cm³/mol. The van der Waals surface area contributed by atoms with Crippen LogP contribution in [0.25, 0.3) is 0 Å². The second kappa shape index (κ2) is 9.38. The second-order valence-corrected chi connectivity index (χ2v) is 8.23. The summed E-state index contributed by atoms with van der Waals surface area (Å²) in [6, 6.07) is 9.94. The van der Waals surface area contributed by atoms with Gasteiger partial charge in [-0.05, 0) is 50.0 Å². The highest BCUT2D eigenvalue weighted by molar-refractivity contribution is 5.88. The van der Waals surface area contributed by atoms with Crippen LogP contribution >= 0.6 is 0 Å². The first kappa shape index (κ1) is 23.9. The van der Waals surface area contributed by atoms with E-state index in [2.05, 4.69) is 12.1 Å². The molecule has 33 heavy (non-hydrogen) atoms. The maximum atomic E-state index is 13.4. The lowest BCUT2D eigenvalue weighted by atomic mass is 9.57. The average molecular weight is 449 g/mol. The van der Waals surface area contributed by atoms with Crippen LogP contribution in [0.1, 0.15) is 36.5 Å². The van der Waals surface area contributed by atoms with Gasteiger partial charge < -0.3 is 20.1 Å². The van der Waals surface area contributed by atoms with Crippen LogP contribution in [0.3, 0.4) is 0 Å². The number of carbonyl (C=O) groups is 2. The Kier molecular flexibility index (Phi) is 6.78. The smallest absolute Gasteiger partial charge is 0.410 e. The molecule has 0 saturated heterocycles. The molecule has 2 N–H and O–H groups in total. The number of amides is 1. The summed E-state index contributed by atoms with van der Waals surface area (Å²) in [5.74, 6) is -2.09. The van der Waals surface area contributed by atoms with Crippen molar-refractivity contribution in [3.8, 4) is 12.1 Å². The van der Waals surface area contributed by atoms with Crippen LogP contribution in [0.2, 0.25) is 0 Å². The number of nitrogens with zero attached hydrogens (tertiary/aromatic N) is 3. The Morgan fingerprint density at radius 2 is 1.88 bits per heavy atom. The molecule has 3 unspecified atom stereocenters. The third kappa shape index (κ3) is 3.82. The van der Waals surface area contributed by atoms with Crippen molar-refractivity contribution in [3.05, 3.63) is 57.8 Å². The summed E-state index contributed by atoms with van der Waals surface area (Å²) in [6.07, 6.45) is 1.27. The molecule has 172 valence electrons. The molecule has 1 amide bonds. The Morgan fingerprint density at radius 3 is 2.45 bits per heavy atom. The molecule has 0 radical (unpaired) electrons. The minimum atomic E-state index is -1.91. The topological polar surface area (TPSA) is 129 Å². The molecule has 1 aromatic rings. The van der Waals surface area contributed by atoms with Gasteiger partial charge in [0.05, 0.1) is 30.6 Å². The third-order valence-corrected chi connectivity index (χ3v) is 6.50. The first-order chi connectivity index (χ1) is 15.8. The van der Waals surface area contributed by atoms with Crippen molar-refractivity contribution in [1.29, 1.82) is 10.5 Å². The SMILES string of the molecule is CCOC(=O)N1CC=C2C(C#N)=C(N)C(C#N)(C(=O)OCC)C(c3ccc(C)c(C)c3)C2C1. The first-order valence-corrected chi connectivity index (χ1v) is 10.9. The molecule has 0 aromatic heterocycles. The number of allylic oxidation sites excluding steroid dienone is 1. The molecular weight excluding hydrogens is 420 g/mol. The summed E-state index contributed by atoms with van der Waals surface area (Å²) in [5.41, 5.74) is 7.91. The van der Waals surface area contributed by atoms with E-state index in [0.29, 0.717) is 11.1 Å². The molecule has 8 heteroatoms. The van der Waals surface area contributed by atoms with Gasteiger partial charge in [-0.3, -0.25) is 0 Å². The molecule has 1 aliphatic heterocycles. The van der Waals surface area contributed by atoms with Crippen LogP contribution in [-0.2, 0) is 14.3 Å². The van der Waals surface area contributed by atoms with E-state index in [1.54, 1.807) is 19.9 Å². The van der Waals surface area contributed by atoms with E-state index < -0.39 is 29.3 Å². The van der Waals surface area contributed by atoms with Crippen LogP contribution in [0.5, 0.6) is 0 Å². The standard InChI is InChI=1S/C25H28N4O4/c1-5-32-23(30)25(14-27)21(17-8-7-15(3)16(4)11-17)20-13-29(24(31)33-6-2)10-9-18(20)19(12-26)22(25)28/h7-9,11,20-21H,5-6,10,13,28H2,1-4H3. The van der Waals surface area contributed by atoms with E-state index >= 15 is 0 Å². The summed E-state index contributed by atoms with van der Waals surface area (Å²) in [5, 5.41) is 20.4. The largest absolute Gasteiger partial charge is 0.464 e. The molecule has 1 aliphatic carbocycles. The summed E-state index contributed by atoms with van der Waals surface area (Å²) >= 11 is 0. The fourth-order valence-corrected chi connectivity index (χ4v) is 4.75. The number of benzene rings is 1. The lowest BCUT2D eigenvalue weighted by Crippen LogP contribution is -2.53. The zero-order valence-electron chi connectivity index (χ0n) is 19.3. The molecule has 1 heterocycles. The van der Waals surface area contributed by atoms with Crippen molar-refractivity contribution in [2.24, 2.45) is 17.1 Å². The molecule has 0 saturated carbocycles. The van der Waals surface area contributed by atoms with Gasteiger partial charge in [-0.2, -0.15) is 10.5 Å². The summed E-state index contributed by atoms with van der Waals surface area (Å²) in [4.78, 5) is 27.4. The van der Waals surface area contributed by atoms with Crippen molar-refractivity contribution in [2.45, 2.75) is 33.6 Å². The lowest BCUT2D eigenvalue weighted by molar-refractivity contribution is -0.152. The molecule has 2 aliphatic rings. The Bertz CT molecular complexity index is 1120. The van der Waals surface area contributed by atoms with Gasteiger partial charge >= 0.3 is 12.1 Å². The highest BCUT2D eigenvalue weighted by Crippen LogP contribution is 2.55. The fourth-order valence-electron chi connectivity index (χ4n) is 4.75. The first-order valence-electron chi connectivity index (χ1n) is 10.9. The van der Waals surface area contributed by atoms with Crippen molar-refractivity contribution in [3.63, 3.8) is 0 Å². The lowest BCUT2D eigenvalue weighted by Gasteiger charge is -2.46. The van der Waals surface area contributed by atoms with Gasteiger partial charge in [-0.25, -0.2) is 9.59 Å². The van der Waals surface area contributed by atoms with Crippen LogP contribution in [-0.4, -0.2) is 43.3 Å². The van der Waals surface area contributed by atoms with Gasteiger partial charge in [0.15, 0.2) is 0 Å². The number of aryl methyl sites for hydroxylation is 2. The van der Waals surface area contributed by atoms with Crippen LogP contribution < -0.4 is 5.73 Å². The normalized spacial score (nSPS) is 24.2. The van der Waals surface area contributed by atoms with Crippen LogP contribution in [0, 0.1) is 47.8 Å². The number of nitrogens with two attached hydrogens (primary N) is 1. The number of esters is 1. The van der Waals surface area contributed by atoms with Crippen molar-refractivity contribution >= 4 is 12.1 Å². The van der Waals surface area contributed by atoms with Gasteiger partial charge in [0.1, 0.15) is 6.07 Å². The van der Waals surface area contributed by atoms with E-state index in [0.717, 1.165) is 11.1 Å². The Hall–Kier alpha value is -3.78. The van der Waals surface area contributed by atoms with Crippen molar-refractivity contribution in [2.75, 3.05) is 26.3 Å². The Balaban J connectivity index is 2.31. The van der Waals surface area contributed by atoms with Crippen molar-refractivity contribution < 1.29 is 19.1 Å². The zero-order valence-corrected chi connectivity index (χ0v) is 19.3. The number of hydrogen-bond acceptors (Lipinski definition) is 7. The number of fused-ring (bicyclic) bond motifs is 1. The van der Waals surface area contributed by atoms with Crippen molar-refractivity contribution in [1.82, 2.24) is 4.90 Å². The van der Waals surface area contributed by atoms with Gasteiger partial charge in [-0.15, -0.1) is 0 Å².